The Morgan fingerprint density at radius 2 is 1.70 bits per heavy atom. The maximum Gasteiger partial charge on any atom is 0.225 e. The Bertz CT molecular complexity index is 886. The molecule has 0 bridgehead atoms. The van der Waals surface area contributed by atoms with E-state index >= 15 is 0 Å². The summed E-state index contributed by atoms with van der Waals surface area (Å²) in [5.41, 5.74) is 1.96. The van der Waals surface area contributed by atoms with Crippen molar-refractivity contribution in [3.05, 3.63) is 66.5 Å². The van der Waals surface area contributed by atoms with Gasteiger partial charge in [-0.2, -0.15) is 4.98 Å². The first kappa shape index (κ1) is 18.8. The van der Waals surface area contributed by atoms with Gasteiger partial charge in [-0.25, -0.2) is 9.37 Å². The average Bonchev–Trinajstić information content (AvgIpc) is 2.68. The highest BCUT2D eigenvalue weighted by Crippen LogP contribution is 2.25. The first-order valence-corrected chi connectivity index (χ1v) is 8.90. The number of rotatable bonds is 7. The molecule has 3 rings (SSSR count). The summed E-state index contributed by atoms with van der Waals surface area (Å²) in [5, 5.41) is 15.8. The smallest absolute Gasteiger partial charge is 0.225 e. The van der Waals surface area contributed by atoms with Gasteiger partial charge in [-0.1, -0.05) is 56.3 Å². The van der Waals surface area contributed by atoms with Gasteiger partial charge >= 0.3 is 0 Å². The predicted molar refractivity (Wildman–Crippen MR) is 106 cm³/mol. The zero-order chi connectivity index (χ0) is 19.2. The molecule has 5 nitrogen and oxygen atoms in total. The highest BCUT2D eigenvalue weighted by atomic mass is 19.1. The van der Waals surface area contributed by atoms with Gasteiger partial charge in [0.1, 0.15) is 11.6 Å². The molecule has 140 valence electrons. The van der Waals surface area contributed by atoms with E-state index in [9.17, 15) is 9.50 Å². The third kappa shape index (κ3) is 4.80. The van der Waals surface area contributed by atoms with Crippen LogP contribution in [0.15, 0.2) is 60.7 Å². The summed E-state index contributed by atoms with van der Waals surface area (Å²) in [4.78, 5) is 9.03. The van der Waals surface area contributed by atoms with Crippen LogP contribution in [-0.2, 0) is 0 Å². The minimum atomic E-state index is -0.359. The second-order valence-corrected chi connectivity index (χ2v) is 6.61. The van der Waals surface area contributed by atoms with Crippen LogP contribution in [0.5, 0.6) is 0 Å². The number of hydrogen-bond donors (Lipinski definition) is 3. The molecule has 0 radical (unpaired) electrons. The number of benzene rings is 2. The molecule has 3 N–H and O–H groups in total. The van der Waals surface area contributed by atoms with Crippen molar-refractivity contribution in [3.63, 3.8) is 0 Å². The molecule has 1 aromatic heterocycles. The first-order valence-electron chi connectivity index (χ1n) is 8.90. The fourth-order valence-electron chi connectivity index (χ4n) is 2.62. The highest BCUT2D eigenvalue weighted by molar-refractivity contribution is 5.67. The molecular formula is C21H23FN4O. The lowest BCUT2D eigenvalue weighted by Crippen LogP contribution is -2.30. The normalized spacial score (nSPS) is 12.0. The van der Waals surface area contributed by atoms with Crippen molar-refractivity contribution in [2.75, 3.05) is 17.2 Å². The molecule has 1 atom stereocenters. The molecule has 1 heterocycles. The summed E-state index contributed by atoms with van der Waals surface area (Å²) in [6.45, 7) is 3.98. The topological polar surface area (TPSA) is 70.1 Å². The van der Waals surface area contributed by atoms with Crippen molar-refractivity contribution in [3.8, 4) is 11.3 Å². The van der Waals surface area contributed by atoms with Gasteiger partial charge in [-0.05, 0) is 18.1 Å². The molecule has 6 heteroatoms. The standard InChI is InChI=1S/C21H23FN4O/c1-14(2)19(13-27)25-21-24-18(15-8-4-3-5-9-15)12-20(26-21)23-17-11-7-6-10-16(17)22/h3-12,14,19,27H,13H2,1-2H3,(H2,23,24,25,26)/t19-/m0/s1. The largest absolute Gasteiger partial charge is 0.394 e. The Morgan fingerprint density at radius 3 is 2.37 bits per heavy atom. The number of aliphatic hydroxyl groups is 1. The summed E-state index contributed by atoms with van der Waals surface area (Å²) >= 11 is 0. The minimum absolute atomic E-state index is 0.0351. The average molecular weight is 366 g/mol. The van der Waals surface area contributed by atoms with Gasteiger partial charge in [0.2, 0.25) is 5.95 Å². The Hall–Kier alpha value is -2.99. The molecule has 0 aliphatic heterocycles. The number of halogens is 1. The minimum Gasteiger partial charge on any atom is -0.394 e. The van der Waals surface area contributed by atoms with Crippen LogP contribution in [0.3, 0.4) is 0 Å². The van der Waals surface area contributed by atoms with Crippen LogP contribution in [0.25, 0.3) is 11.3 Å². The van der Waals surface area contributed by atoms with E-state index < -0.39 is 0 Å². The van der Waals surface area contributed by atoms with E-state index in [1.165, 1.54) is 6.07 Å². The van der Waals surface area contributed by atoms with Crippen LogP contribution in [0, 0.1) is 11.7 Å². The quantitative estimate of drug-likeness (QED) is 0.576. The van der Waals surface area contributed by atoms with Crippen molar-refractivity contribution in [2.24, 2.45) is 5.92 Å². The summed E-state index contributed by atoms with van der Waals surface area (Å²) < 4.78 is 14.0. The molecule has 0 amide bonds. The third-order valence-corrected chi connectivity index (χ3v) is 4.25. The van der Waals surface area contributed by atoms with Crippen LogP contribution in [0.2, 0.25) is 0 Å². The van der Waals surface area contributed by atoms with Crippen LogP contribution >= 0.6 is 0 Å². The lowest BCUT2D eigenvalue weighted by molar-refractivity contribution is 0.248. The van der Waals surface area contributed by atoms with Crippen molar-refractivity contribution in [1.82, 2.24) is 9.97 Å². The second kappa shape index (κ2) is 8.60. The third-order valence-electron chi connectivity index (χ3n) is 4.25. The van der Waals surface area contributed by atoms with Gasteiger partial charge in [-0.3, -0.25) is 0 Å². The van der Waals surface area contributed by atoms with Crippen LogP contribution in [-0.4, -0.2) is 27.7 Å². The van der Waals surface area contributed by atoms with Crippen molar-refractivity contribution in [1.29, 1.82) is 0 Å². The van der Waals surface area contributed by atoms with Crippen molar-refractivity contribution < 1.29 is 9.50 Å². The molecule has 3 aromatic rings. The zero-order valence-electron chi connectivity index (χ0n) is 15.4. The van der Waals surface area contributed by atoms with Gasteiger partial charge in [-0.15, -0.1) is 0 Å². The van der Waals surface area contributed by atoms with E-state index in [0.29, 0.717) is 23.1 Å². The molecule has 0 fully saturated rings. The molecule has 0 aliphatic rings. The van der Waals surface area contributed by atoms with Crippen LogP contribution < -0.4 is 10.6 Å². The lowest BCUT2D eigenvalue weighted by Gasteiger charge is -2.20. The van der Waals surface area contributed by atoms with Crippen molar-refractivity contribution >= 4 is 17.5 Å². The van der Waals surface area contributed by atoms with Gasteiger partial charge < -0.3 is 15.7 Å². The lowest BCUT2D eigenvalue weighted by atomic mass is 10.1. The highest BCUT2D eigenvalue weighted by Gasteiger charge is 2.15. The molecule has 0 aliphatic carbocycles. The molecule has 27 heavy (non-hydrogen) atoms. The first-order chi connectivity index (χ1) is 13.1. The molecular weight excluding hydrogens is 343 g/mol. The van der Waals surface area contributed by atoms with Crippen molar-refractivity contribution in [2.45, 2.75) is 19.9 Å². The molecule has 0 spiro atoms. The Kier molecular flexibility index (Phi) is 5.98. The van der Waals surface area contributed by atoms with Crippen LogP contribution in [0.4, 0.5) is 21.8 Å². The maximum atomic E-state index is 14.0. The van der Waals surface area contributed by atoms with Gasteiger partial charge in [0.25, 0.3) is 0 Å². The van der Waals surface area contributed by atoms with E-state index in [1.54, 1.807) is 24.3 Å². The summed E-state index contributed by atoms with van der Waals surface area (Å²) in [6.07, 6.45) is 0. The number of anilines is 3. The number of aliphatic hydroxyl groups excluding tert-OH is 1. The number of para-hydroxylation sites is 1. The Morgan fingerprint density at radius 1 is 1.00 bits per heavy atom. The van der Waals surface area contributed by atoms with E-state index in [0.717, 1.165) is 5.56 Å². The number of aromatic nitrogens is 2. The Labute approximate surface area is 158 Å². The summed E-state index contributed by atoms with van der Waals surface area (Å²) in [6, 6.07) is 17.7. The monoisotopic (exact) mass is 366 g/mol. The number of hydrogen-bond acceptors (Lipinski definition) is 5. The van der Waals surface area contributed by atoms with E-state index in [1.807, 2.05) is 44.2 Å². The van der Waals surface area contributed by atoms with Gasteiger partial charge in [0.15, 0.2) is 0 Å². The fourth-order valence-corrected chi connectivity index (χ4v) is 2.62. The van der Waals surface area contributed by atoms with Gasteiger partial charge in [0.05, 0.1) is 24.0 Å². The van der Waals surface area contributed by atoms with E-state index in [-0.39, 0.29) is 24.4 Å². The van der Waals surface area contributed by atoms with E-state index in [4.69, 9.17) is 0 Å². The SMILES string of the molecule is CC(C)[C@H](CO)Nc1nc(Nc2ccccc2F)cc(-c2ccccc2)n1. The molecule has 0 saturated carbocycles. The fraction of sp³-hybridized carbons (Fsp3) is 0.238. The zero-order valence-corrected chi connectivity index (χ0v) is 15.4. The Balaban J connectivity index is 1.99. The maximum absolute atomic E-state index is 14.0. The van der Waals surface area contributed by atoms with E-state index in [2.05, 4.69) is 20.6 Å². The number of nitrogens with one attached hydrogen (secondary N) is 2. The summed E-state index contributed by atoms with van der Waals surface area (Å²) in [5.74, 6) is 0.684. The molecule has 2 aromatic carbocycles. The number of nitrogens with zero attached hydrogens (tertiary/aromatic N) is 2. The molecule has 0 saturated heterocycles. The second-order valence-electron chi connectivity index (χ2n) is 6.61. The summed E-state index contributed by atoms with van der Waals surface area (Å²) in [7, 11) is 0. The predicted octanol–water partition coefficient (Wildman–Crippen LogP) is 4.46. The van der Waals surface area contributed by atoms with Gasteiger partial charge in [0, 0.05) is 11.6 Å². The molecule has 0 unspecified atom stereocenters. The van der Waals surface area contributed by atoms with Crippen LogP contribution in [0.1, 0.15) is 13.8 Å².